The van der Waals surface area contributed by atoms with Crippen LogP contribution in [0.25, 0.3) is 0 Å². The Hall–Kier alpha value is -2.48. The summed E-state index contributed by atoms with van der Waals surface area (Å²) < 4.78 is 36.5. The summed E-state index contributed by atoms with van der Waals surface area (Å²) in [4.78, 5) is 16.3. The van der Waals surface area contributed by atoms with Crippen molar-refractivity contribution in [1.29, 1.82) is 0 Å². The van der Waals surface area contributed by atoms with Crippen LogP contribution < -0.4 is 10.6 Å². The lowest BCUT2D eigenvalue weighted by atomic mass is 10.1. The molecule has 0 radical (unpaired) electrons. The Labute approximate surface area is 151 Å². The highest BCUT2D eigenvalue weighted by Gasteiger charge is 2.29. The molecule has 26 heavy (non-hydrogen) atoms. The fourth-order valence-corrected chi connectivity index (χ4v) is 4.55. The summed E-state index contributed by atoms with van der Waals surface area (Å²) in [6.45, 7) is 0.507. The molecule has 2 heterocycles. The fourth-order valence-electron chi connectivity index (χ4n) is 2.88. The molecule has 1 unspecified atom stereocenters. The van der Waals surface area contributed by atoms with E-state index in [1.807, 2.05) is 0 Å². The van der Waals surface area contributed by atoms with E-state index in [9.17, 15) is 17.6 Å². The second kappa shape index (κ2) is 7.82. The molecule has 1 amide bonds. The van der Waals surface area contributed by atoms with Crippen LogP contribution in [-0.2, 0) is 16.3 Å². The van der Waals surface area contributed by atoms with Gasteiger partial charge in [-0.05, 0) is 36.6 Å². The molecule has 8 heteroatoms. The first-order valence-electron chi connectivity index (χ1n) is 8.37. The van der Waals surface area contributed by atoms with Gasteiger partial charge in [-0.25, -0.2) is 12.8 Å². The number of benzene rings is 1. The number of rotatable bonds is 6. The van der Waals surface area contributed by atoms with Gasteiger partial charge in [-0.3, -0.25) is 9.78 Å². The van der Waals surface area contributed by atoms with Crippen LogP contribution in [0.4, 0.5) is 10.1 Å². The van der Waals surface area contributed by atoms with Crippen molar-refractivity contribution in [2.45, 2.75) is 18.9 Å². The molecule has 138 valence electrons. The molecule has 0 spiro atoms. The number of halogens is 1. The van der Waals surface area contributed by atoms with Gasteiger partial charge in [0, 0.05) is 24.5 Å². The summed E-state index contributed by atoms with van der Waals surface area (Å²) in [7, 11) is -3.05. The average Bonchev–Trinajstić information content (AvgIpc) is 2.95. The van der Waals surface area contributed by atoms with Crippen LogP contribution in [0.15, 0.2) is 42.6 Å². The zero-order valence-corrected chi connectivity index (χ0v) is 14.9. The van der Waals surface area contributed by atoms with Crippen LogP contribution in [0, 0.1) is 5.82 Å². The van der Waals surface area contributed by atoms with Crippen LogP contribution in [0.3, 0.4) is 0 Å². The minimum Gasteiger partial charge on any atom is -0.385 e. The average molecular weight is 377 g/mol. The lowest BCUT2D eigenvalue weighted by Gasteiger charge is -2.11. The van der Waals surface area contributed by atoms with E-state index >= 15 is 0 Å². The van der Waals surface area contributed by atoms with Crippen molar-refractivity contribution in [3.8, 4) is 0 Å². The number of aromatic nitrogens is 1. The number of pyridine rings is 1. The Balaban J connectivity index is 1.56. The number of nitrogens with one attached hydrogen (secondary N) is 2. The molecule has 1 aromatic heterocycles. The maximum atomic E-state index is 13.6. The number of nitrogens with zero attached hydrogens (tertiary/aromatic N) is 1. The van der Waals surface area contributed by atoms with Crippen molar-refractivity contribution >= 4 is 21.4 Å². The summed E-state index contributed by atoms with van der Waals surface area (Å²) in [5.74, 6) is -0.567. The predicted octanol–water partition coefficient (Wildman–Crippen LogP) is 1.79. The van der Waals surface area contributed by atoms with Crippen molar-refractivity contribution in [3.63, 3.8) is 0 Å². The van der Waals surface area contributed by atoms with Crippen molar-refractivity contribution in [1.82, 2.24) is 10.3 Å². The van der Waals surface area contributed by atoms with Gasteiger partial charge in [-0.2, -0.15) is 0 Å². The van der Waals surface area contributed by atoms with Gasteiger partial charge in [0.1, 0.15) is 11.5 Å². The third-order valence-corrected chi connectivity index (χ3v) is 6.01. The lowest BCUT2D eigenvalue weighted by molar-refractivity contribution is 0.0936. The highest BCUT2D eigenvalue weighted by molar-refractivity contribution is 7.91. The fraction of sp³-hybridized carbons (Fsp3) is 0.333. The molecule has 0 aliphatic carbocycles. The summed E-state index contributed by atoms with van der Waals surface area (Å²) in [5.41, 5.74) is 1.53. The number of hydrogen-bond acceptors (Lipinski definition) is 5. The highest BCUT2D eigenvalue weighted by Crippen LogP contribution is 2.14. The number of hydrogen-bond donors (Lipinski definition) is 2. The Morgan fingerprint density at radius 3 is 2.81 bits per heavy atom. The molecule has 1 atom stereocenters. The standard InChI is InChI=1S/C18H20FN3O3S/c19-16-4-2-1-3-13(16)5-8-20-14-6-9-21-17(11-14)18(23)22-15-7-10-26(24,25)12-15/h1-4,6,9,11,15H,5,7-8,10,12H2,(H,20,21)(H,22,23). The zero-order chi connectivity index (χ0) is 18.6. The topological polar surface area (TPSA) is 88.2 Å². The van der Waals surface area contributed by atoms with Crippen LogP contribution >= 0.6 is 0 Å². The second-order valence-corrected chi connectivity index (χ2v) is 8.50. The molecule has 1 saturated heterocycles. The van der Waals surface area contributed by atoms with Crippen LogP contribution in [0.5, 0.6) is 0 Å². The summed E-state index contributed by atoms with van der Waals surface area (Å²) in [5, 5.41) is 5.85. The van der Waals surface area contributed by atoms with Crippen LogP contribution in [-0.4, -0.2) is 43.4 Å². The van der Waals surface area contributed by atoms with Gasteiger partial charge in [-0.15, -0.1) is 0 Å². The normalized spacial score (nSPS) is 18.4. The molecule has 2 N–H and O–H groups in total. The molecule has 1 aromatic carbocycles. The number of amides is 1. The van der Waals surface area contributed by atoms with Gasteiger partial charge in [0.25, 0.3) is 5.91 Å². The Kier molecular flexibility index (Phi) is 5.51. The van der Waals surface area contributed by atoms with Gasteiger partial charge >= 0.3 is 0 Å². The van der Waals surface area contributed by atoms with Gasteiger partial charge in [0.05, 0.1) is 11.5 Å². The van der Waals surface area contributed by atoms with Crippen LogP contribution in [0.1, 0.15) is 22.5 Å². The van der Waals surface area contributed by atoms with Gasteiger partial charge in [0.15, 0.2) is 9.84 Å². The molecule has 1 aliphatic heterocycles. The minimum atomic E-state index is -3.05. The minimum absolute atomic E-state index is 0.0285. The van der Waals surface area contributed by atoms with E-state index < -0.39 is 15.7 Å². The third-order valence-electron chi connectivity index (χ3n) is 4.24. The molecule has 3 rings (SSSR count). The second-order valence-electron chi connectivity index (χ2n) is 6.27. The molecule has 6 nitrogen and oxygen atoms in total. The van der Waals surface area contributed by atoms with Crippen molar-refractivity contribution in [3.05, 3.63) is 59.7 Å². The van der Waals surface area contributed by atoms with E-state index in [4.69, 9.17) is 0 Å². The van der Waals surface area contributed by atoms with E-state index in [0.717, 1.165) is 0 Å². The van der Waals surface area contributed by atoms with E-state index in [0.29, 0.717) is 30.6 Å². The van der Waals surface area contributed by atoms with Crippen molar-refractivity contribution in [2.75, 3.05) is 23.4 Å². The van der Waals surface area contributed by atoms with Gasteiger partial charge < -0.3 is 10.6 Å². The predicted molar refractivity (Wildman–Crippen MR) is 97.4 cm³/mol. The number of anilines is 1. The number of carbonyl (C=O) groups is 1. The first-order chi connectivity index (χ1) is 12.4. The molecular formula is C18H20FN3O3S. The summed E-state index contributed by atoms with van der Waals surface area (Å²) in [6, 6.07) is 9.54. The number of sulfone groups is 1. The molecule has 0 saturated carbocycles. The number of carbonyl (C=O) groups excluding carboxylic acids is 1. The van der Waals surface area contributed by atoms with Gasteiger partial charge in [-0.1, -0.05) is 18.2 Å². The van der Waals surface area contributed by atoms with Gasteiger partial charge in [0.2, 0.25) is 0 Å². The smallest absolute Gasteiger partial charge is 0.270 e. The van der Waals surface area contributed by atoms with Crippen molar-refractivity contribution < 1.29 is 17.6 Å². The van der Waals surface area contributed by atoms with E-state index in [1.165, 1.54) is 12.3 Å². The largest absolute Gasteiger partial charge is 0.385 e. The van der Waals surface area contributed by atoms with Crippen LogP contribution in [0.2, 0.25) is 0 Å². The molecule has 1 fully saturated rings. The SMILES string of the molecule is O=C(NC1CCS(=O)(=O)C1)c1cc(NCCc2ccccc2F)ccn1. The maximum Gasteiger partial charge on any atom is 0.270 e. The lowest BCUT2D eigenvalue weighted by Crippen LogP contribution is -2.36. The molecule has 0 bridgehead atoms. The molecule has 1 aliphatic rings. The van der Waals surface area contributed by atoms with E-state index in [-0.39, 0.29) is 29.1 Å². The first kappa shape index (κ1) is 18.3. The monoisotopic (exact) mass is 377 g/mol. The first-order valence-corrected chi connectivity index (χ1v) is 10.2. The molecular weight excluding hydrogens is 357 g/mol. The maximum absolute atomic E-state index is 13.6. The van der Waals surface area contributed by atoms with E-state index in [2.05, 4.69) is 15.6 Å². The summed E-state index contributed by atoms with van der Waals surface area (Å²) in [6.07, 6.45) is 2.44. The molecule has 2 aromatic rings. The zero-order valence-electron chi connectivity index (χ0n) is 14.1. The third kappa shape index (κ3) is 4.78. The highest BCUT2D eigenvalue weighted by atomic mass is 32.2. The Morgan fingerprint density at radius 1 is 1.27 bits per heavy atom. The summed E-state index contributed by atoms with van der Waals surface area (Å²) >= 11 is 0. The quantitative estimate of drug-likeness (QED) is 0.801. The Bertz CT molecular complexity index is 902. The van der Waals surface area contributed by atoms with E-state index in [1.54, 1.807) is 30.3 Å². The van der Waals surface area contributed by atoms with Crippen molar-refractivity contribution in [2.24, 2.45) is 0 Å². The Morgan fingerprint density at radius 2 is 2.08 bits per heavy atom.